The lowest BCUT2D eigenvalue weighted by Crippen LogP contribution is -2.28. The highest BCUT2D eigenvalue weighted by Gasteiger charge is 2.27. The van der Waals surface area contributed by atoms with Gasteiger partial charge < -0.3 is 9.88 Å². The molecule has 1 aliphatic rings. The molecule has 1 aromatic carbocycles. The molecule has 0 spiro atoms. The van der Waals surface area contributed by atoms with Crippen LogP contribution in [0.4, 0.5) is 5.69 Å². The van der Waals surface area contributed by atoms with Crippen molar-refractivity contribution >= 4 is 33.4 Å². The Morgan fingerprint density at radius 2 is 2.08 bits per heavy atom. The van der Waals surface area contributed by atoms with Gasteiger partial charge in [-0.25, -0.2) is 8.42 Å². The molecule has 2 heterocycles. The topological polar surface area (TPSA) is 97.2 Å². The van der Waals surface area contributed by atoms with Crippen molar-refractivity contribution in [2.75, 3.05) is 24.2 Å². The van der Waals surface area contributed by atoms with Gasteiger partial charge in [0.25, 0.3) is 0 Å². The fourth-order valence-corrected chi connectivity index (χ4v) is 4.79. The summed E-state index contributed by atoms with van der Waals surface area (Å²) in [6.45, 7) is 1.10. The van der Waals surface area contributed by atoms with E-state index >= 15 is 0 Å². The van der Waals surface area contributed by atoms with Crippen LogP contribution in [0.3, 0.4) is 0 Å². The van der Waals surface area contributed by atoms with E-state index in [-0.39, 0.29) is 16.6 Å². The van der Waals surface area contributed by atoms with E-state index in [0.29, 0.717) is 23.9 Å². The smallest absolute Gasteiger partial charge is 0.243 e. The van der Waals surface area contributed by atoms with Gasteiger partial charge in [0.05, 0.1) is 10.6 Å². The Hall–Kier alpha value is -1.91. The van der Waals surface area contributed by atoms with Gasteiger partial charge in [0.2, 0.25) is 15.9 Å². The summed E-state index contributed by atoms with van der Waals surface area (Å²) in [6.07, 6.45) is 3.33. The molecule has 8 nitrogen and oxygen atoms in total. The predicted octanol–water partition coefficient (Wildman–Crippen LogP) is 1.33. The molecule has 1 amide bonds. The molecule has 1 fully saturated rings. The van der Waals surface area contributed by atoms with Crippen molar-refractivity contribution < 1.29 is 13.2 Å². The number of sulfonamides is 1. The molecule has 0 atom stereocenters. The Kier molecular flexibility index (Phi) is 5.40. The number of anilines is 1. The molecule has 0 bridgehead atoms. The Morgan fingerprint density at radius 3 is 2.76 bits per heavy atom. The number of carbonyl (C=O) groups excluding carboxylic acids is 1. The molecule has 1 N–H and O–H groups in total. The van der Waals surface area contributed by atoms with Gasteiger partial charge in [-0.15, -0.1) is 10.2 Å². The third-order valence-electron chi connectivity index (χ3n) is 3.82. The first-order valence-corrected chi connectivity index (χ1v) is 10.3. The lowest BCUT2D eigenvalue weighted by molar-refractivity contribution is -0.113. The largest absolute Gasteiger partial charge is 0.325 e. The fourth-order valence-electron chi connectivity index (χ4n) is 2.54. The van der Waals surface area contributed by atoms with Crippen LogP contribution in [0.1, 0.15) is 12.8 Å². The summed E-state index contributed by atoms with van der Waals surface area (Å²) in [6, 6.07) is 6.36. The van der Waals surface area contributed by atoms with Gasteiger partial charge in [-0.1, -0.05) is 17.8 Å². The van der Waals surface area contributed by atoms with Crippen LogP contribution in [0.25, 0.3) is 0 Å². The van der Waals surface area contributed by atoms with E-state index in [1.165, 1.54) is 22.1 Å². The van der Waals surface area contributed by atoms with E-state index in [0.717, 1.165) is 12.8 Å². The second-order valence-corrected chi connectivity index (χ2v) is 8.58. The van der Waals surface area contributed by atoms with Crippen LogP contribution in [0.5, 0.6) is 0 Å². The molecular formula is C15H19N5O3S2. The first kappa shape index (κ1) is 17.9. The molecule has 1 aromatic heterocycles. The van der Waals surface area contributed by atoms with Crippen LogP contribution in [0.15, 0.2) is 40.6 Å². The molecule has 0 aliphatic carbocycles. The number of benzene rings is 1. The minimum Gasteiger partial charge on any atom is -0.325 e. The van der Waals surface area contributed by atoms with Gasteiger partial charge in [-0.05, 0) is 31.0 Å². The van der Waals surface area contributed by atoms with Crippen molar-refractivity contribution in [1.29, 1.82) is 0 Å². The number of thioether (sulfide) groups is 1. The molecule has 1 aliphatic heterocycles. The number of carbonyl (C=O) groups is 1. The van der Waals surface area contributed by atoms with Crippen molar-refractivity contribution in [3.63, 3.8) is 0 Å². The minimum absolute atomic E-state index is 0.162. The quantitative estimate of drug-likeness (QED) is 0.758. The fraction of sp³-hybridized carbons (Fsp3) is 0.400. The van der Waals surface area contributed by atoms with Gasteiger partial charge in [0, 0.05) is 25.8 Å². The number of hydrogen-bond acceptors (Lipinski definition) is 6. The number of nitrogens with one attached hydrogen (secondary N) is 1. The van der Waals surface area contributed by atoms with E-state index in [1.807, 2.05) is 0 Å². The van der Waals surface area contributed by atoms with E-state index in [4.69, 9.17) is 0 Å². The van der Waals surface area contributed by atoms with E-state index in [1.54, 1.807) is 36.1 Å². The first-order chi connectivity index (χ1) is 12.0. The maximum Gasteiger partial charge on any atom is 0.243 e. The normalized spacial score (nSPS) is 15.4. The maximum absolute atomic E-state index is 12.6. The zero-order chi connectivity index (χ0) is 17.9. The Balaban J connectivity index is 1.65. The molecule has 3 rings (SSSR count). The van der Waals surface area contributed by atoms with Crippen LogP contribution in [0, 0.1) is 0 Å². The third-order valence-corrected chi connectivity index (χ3v) is 6.75. The highest BCUT2D eigenvalue weighted by Crippen LogP contribution is 2.23. The van der Waals surface area contributed by atoms with Gasteiger partial charge in [0.1, 0.15) is 6.33 Å². The monoisotopic (exact) mass is 381 g/mol. The number of aryl methyl sites for hydroxylation is 1. The van der Waals surface area contributed by atoms with Crippen molar-refractivity contribution in [1.82, 2.24) is 19.1 Å². The molecule has 0 saturated carbocycles. The average Bonchev–Trinajstić information content (AvgIpc) is 3.25. The first-order valence-electron chi connectivity index (χ1n) is 7.84. The SMILES string of the molecule is Cn1cnnc1SCC(=O)Nc1cccc(S(=O)(=O)N2CCCC2)c1. The summed E-state index contributed by atoms with van der Waals surface area (Å²) in [4.78, 5) is 12.3. The predicted molar refractivity (Wildman–Crippen MR) is 94.8 cm³/mol. The van der Waals surface area contributed by atoms with Crippen molar-refractivity contribution in [2.24, 2.45) is 7.05 Å². The Labute approximate surface area is 150 Å². The van der Waals surface area contributed by atoms with E-state index < -0.39 is 10.0 Å². The molecule has 25 heavy (non-hydrogen) atoms. The summed E-state index contributed by atoms with van der Waals surface area (Å²) in [7, 11) is -1.70. The summed E-state index contributed by atoms with van der Waals surface area (Å²) < 4.78 is 28.4. The Morgan fingerprint density at radius 1 is 1.32 bits per heavy atom. The summed E-state index contributed by atoms with van der Waals surface area (Å²) >= 11 is 1.26. The molecule has 10 heteroatoms. The zero-order valence-electron chi connectivity index (χ0n) is 13.8. The molecule has 0 radical (unpaired) electrons. The van der Waals surface area contributed by atoms with Gasteiger partial charge >= 0.3 is 0 Å². The number of nitrogens with zero attached hydrogens (tertiary/aromatic N) is 4. The summed E-state index contributed by atoms with van der Waals surface area (Å²) in [5.74, 6) is -0.0703. The third kappa shape index (κ3) is 4.20. The number of rotatable bonds is 6. The van der Waals surface area contributed by atoms with E-state index in [9.17, 15) is 13.2 Å². The van der Waals surface area contributed by atoms with Crippen molar-refractivity contribution in [2.45, 2.75) is 22.9 Å². The summed E-state index contributed by atoms with van der Waals surface area (Å²) in [5.41, 5.74) is 0.462. The highest BCUT2D eigenvalue weighted by atomic mass is 32.2. The molecule has 134 valence electrons. The zero-order valence-corrected chi connectivity index (χ0v) is 15.4. The lowest BCUT2D eigenvalue weighted by atomic mass is 10.3. The summed E-state index contributed by atoms with van der Waals surface area (Å²) in [5, 5.41) is 11.0. The van der Waals surface area contributed by atoms with Gasteiger partial charge in [-0.3, -0.25) is 4.79 Å². The number of hydrogen-bond donors (Lipinski definition) is 1. The van der Waals surface area contributed by atoms with E-state index in [2.05, 4.69) is 15.5 Å². The molecular weight excluding hydrogens is 362 g/mol. The second kappa shape index (κ2) is 7.54. The number of aromatic nitrogens is 3. The highest BCUT2D eigenvalue weighted by molar-refractivity contribution is 7.99. The second-order valence-electron chi connectivity index (χ2n) is 5.70. The van der Waals surface area contributed by atoms with Crippen LogP contribution >= 0.6 is 11.8 Å². The van der Waals surface area contributed by atoms with Crippen LogP contribution in [-0.4, -0.2) is 52.2 Å². The van der Waals surface area contributed by atoms with Gasteiger partial charge in [0.15, 0.2) is 5.16 Å². The number of amides is 1. The molecule has 2 aromatic rings. The molecule has 1 saturated heterocycles. The van der Waals surface area contributed by atoms with Gasteiger partial charge in [-0.2, -0.15) is 4.31 Å². The van der Waals surface area contributed by atoms with Crippen molar-refractivity contribution in [3.8, 4) is 0 Å². The lowest BCUT2D eigenvalue weighted by Gasteiger charge is -2.16. The minimum atomic E-state index is -3.50. The Bertz CT molecular complexity index is 860. The average molecular weight is 381 g/mol. The molecule has 0 unspecified atom stereocenters. The maximum atomic E-state index is 12.6. The van der Waals surface area contributed by atoms with Crippen molar-refractivity contribution in [3.05, 3.63) is 30.6 Å². The van der Waals surface area contributed by atoms with Crippen LogP contribution in [0.2, 0.25) is 0 Å². The standard InChI is InChI=1S/C15H19N5O3S2/c1-19-11-16-18-15(19)24-10-14(21)17-12-5-4-6-13(9-12)25(22,23)20-7-2-3-8-20/h4-6,9,11H,2-3,7-8,10H2,1H3,(H,17,21). The van der Waals surface area contributed by atoms with Crippen LogP contribution < -0.4 is 5.32 Å². The van der Waals surface area contributed by atoms with Crippen LogP contribution in [-0.2, 0) is 21.9 Å².